The molecule has 0 aromatic heterocycles. The smallest absolute Gasteiger partial charge is 0.264 e. The highest BCUT2D eigenvalue weighted by Crippen LogP contribution is 2.51. The number of fused-ring (bicyclic) bond motifs is 3. The van der Waals surface area contributed by atoms with E-state index in [1.807, 2.05) is 19.1 Å². The van der Waals surface area contributed by atoms with Crippen LogP contribution in [0.3, 0.4) is 0 Å². The Bertz CT molecular complexity index is 999. The van der Waals surface area contributed by atoms with Crippen molar-refractivity contribution in [3.05, 3.63) is 70.1 Å². The summed E-state index contributed by atoms with van der Waals surface area (Å²) in [6.45, 7) is 1.90. The van der Waals surface area contributed by atoms with Crippen LogP contribution in [0.25, 0.3) is 10.4 Å². The van der Waals surface area contributed by atoms with Crippen molar-refractivity contribution in [1.82, 2.24) is 0 Å². The molecule has 1 N–H and O–H groups in total. The number of nitrogens with zero attached hydrogens (tertiary/aromatic N) is 4. The van der Waals surface area contributed by atoms with Gasteiger partial charge in [-0.3, -0.25) is 4.31 Å². The summed E-state index contributed by atoms with van der Waals surface area (Å²) >= 11 is 0. The summed E-state index contributed by atoms with van der Waals surface area (Å²) < 4.78 is 28.1. The van der Waals surface area contributed by atoms with Crippen LogP contribution in [-0.2, 0) is 10.0 Å². The third-order valence-electron chi connectivity index (χ3n) is 5.27. The molecule has 2 aromatic rings. The molecule has 4 atom stereocenters. The van der Waals surface area contributed by atoms with Crippen molar-refractivity contribution in [3.63, 3.8) is 0 Å². The van der Waals surface area contributed by atoms with Gasteiger partial charge in [0.15, 0.2) is 0 Å². The van der Waals surface area contributed by atoms with E-state index in [9.17, 15) is 13.5 Å². The minimum atomic E-state index is -3.80. The molecular formula is C18H18N4O3S. The maximum Gasteiger partial charge on any atom is 0.264 e. The van der Waals surface area contributed by atoms with Crippen LogP contribution < -0.4 is 4.31 Å². The van der Waals surface area contributed by atoms with E-state index >= 15 is 0 Å². The molecule has 1 heterocycles. The Morgan fingerprint density at radius 1 is 1.19 bits per heavy atom. The van der Waals surface area contributed by atoms with Gasteiger partial charge in [-0.05, 0) is 42.6 Å². The van der Waals surface area contributed by atoms with Crippen molar-refractivity contribution in [1.29, 1.82) is 0 Å². The van der Waals surface area contributed by atoms with E-state index in [2.05, 4.69) is 10.0 Å². The molecular weight excluding hydrogens is 352 g/mol. The van der Waals surface area contributed by atoms with Crippen LogP contribution in [0.1, 0.15) is 23.5 Å². The first-order valence-electron chi connectivity index (χ1n) is 8.37. The molecule has 8 heteroatoms. The van der Waals surface area contributed by atoms with Gasteiger partial charge >= 0.3 is 0 Å². The highest BCUT2D eigenvalue weighted by molar-refractivity contribution is 7.92. The van der Waals surface area contributed by atoms with Crippen LogP contribution >= 0.6 is 0 Å². The zero-order chi connectivity index (χ0) is 18.5. The summed E-state index contributed by atoms with van der Waals surface area (Å²) in [5, 5.41) is 14.3. The Morgan fingerprint density at radius 2 is 1.88 bits per heavy atom. The van der Waals surface area contributed by atoms with Crippen molar-refractivity contribution < 1.29 is 13.5 Å². The number of anilines is 1. The third-order valence-corrected chi connectivity index (χ3v) is 7.13. The first-order chi connectivity index (χ1) is 12.4. The number of benzene rings is 2. The fourth-order valence-corrected chi connectivity index (χ4v) is 5.80. The lowest BCUT2D eigenvalue weighted by atomic mass is 9.95. The molecule has 4 rings (SSSR count). The van der Waals surface area contributed by atoms with Crippen LogP contribution in [0.5, 0.6) is 0 Å². The second kappa shape index (κ2) is 6.02. The van der Waals surface area contributed by atoms with Gasteiger partial charge in [-0.25, -0.2) is 8.42 Å². The number of aryl methyl sites for hydroxylation is 1. The maximum atomic E-state index is 13.4. The summed E-state index contributed by atoms with van der Waals surface area (Å²) in [5.74, 6) is -0.401. The van der Waals surface area contributed by atoms with E-state index in [0.717, 1.165) is 11.1 Å². The van der Waals surface area contributed by atoms with Crippen molar-refractivity contribution in [2.75, 3.05) is 4.31 Å². The molecule has 134 valence electrons. The van der Waals surface area contributed by atoms with Gasteiger partial charge in [-0.1, -0.05) is 41.0 Å². The Kier molecular flexibility index (Phi) is 3.91. The van der Waals surface area contributed by atoms with Crippen LogP contribution in [0, 0.1) is 6.92 Å². The number of para-hydroxylation sites is 1. The number of sulfonamides is 1. The molecule has 26 heavy (non-hydrogen) atoms. The largest absolute Gasteiger partial charge is 0.392 e. The predicted octanol–water partition coefficient (Wildman–Crippen LogP) is 3.10. The number of aliphatic hydroxyl groups excluding tert-OH is 1. The van der Waals surface area contributed by atoms with Gasteiger partial charge in [0.05, 0.1) is 28.8 Å². The quantitative estimate of drug-likeness (QED) is 0.509. The van der Waals surface area contributed by atoms with E-state index < -0.39 is 34.1 Å². The first-order valence-corrected chi connectivity index (χ1v) is 9.81. The number of azide groups is 1. The van der Waals surface area contributed by atoms with Crippen LogP contribution in [-0.4, -0.2) is 31.7 Å². The number of hydrogen-bond acceptors (Lipinski definition) is 4. The minimum absolute atomic E-state index is 0.209. The zero-order valence-electron chi connectivity index (χ0n) is 14.1. The summed E-state index contributed by atoms with van der Waals surface area (Å²) in [4.78, 5) is 3.01. The average molecular weight is 370 g/mol. The lowest BCUT2D eigenvalue weighted by Crippen LogP contribution is -2.38. The fourth-order valence-electron chi connectivity index (χ4n) is 4.10. The SMILES string of the molecule is Cc1ccc(S(=O)(=O)N2c3ccccc3C3C2C[C@@H](N=[N+]=[N-])[C@@H]3O)cc1. The number of aliphatic hydroxyl groups is 1. The number of rotatable bonds is 3. The van der Waals surface area contributed by atoms with Gasteiger partial charge < -0.3 is 5.11 Å². The van der Waals surface area contributed by atoms with E-state index in [4.69, 9.17) is 5.53 Å². The zero-order valence-corrected chi connectivity index (χ0v) is 14.9. The summed E-state index contributed by atoms with van der Waals surface area (Å²) in [7, 11) is -3.80. The molecule has 0 amide bonds. The van der Waals surface area contributed by atoms with Gasteiger partial charge in [0.1, 0.15) is 0 Å². The molecule has 1 fully saturated rings. The van der Waals surface area contributed by atoms with Gasteiger partial charge in [0, 0.05) is 10.8 Å². The van der Waals surface area contributed by atoms with Gasteiger partial charge in [0.25, 0.3) is 10.0 Å². The Morgan fingerprint density at radius 3 is 2.58 bits per heavy atom. The molecule has 1 saturated carbocycles. The summed E-state index contributed by atoms with van der Waals surface area (Å²) in [5.41, 5.74) is 11.1. The maximum absolute atomic E-state index is 13.4. The molecule has 2 aromatic carbocycles. The lowest BCUT2D eigenvalue weighted by Gasteiger charge is -2.26. The first kappa shape index (κ1) is 16.9. The second-order valence-corrected chi connectivity index (χ2v) is 8.58. The molecule has 0 radical (unpaired) electrons. The lowest BCUT2D eigenvalue weighted by molar-refractivity contribution is 0.147. The van der Waals surface area contributed by atoms with Crippen LogP contribution in [0.4, 0.5) is 5.69 Å². The van der Waals surface area contributed by atoms with E-state index in [1.165, 1.54) is 4.31 Å². The van der Waals surface area contributed by atoms with E-state index in [-0.39, 0.29) is 11.3 Å². The second-order valence-electron chi connectivity index (χ2n) is 6.76. The highest BCUT2D eigenvalue weighted by Gasteiger charge is 2.54. The summed E-state index contributed by atoms with van der Waals surface area (Å²) in [6.07, 6.45) is -0.620. The Hall–Kier alpha value is -2.54. The van der Waals surface area contributed by atoms with Crippen molar-refractivity contribution in [2.24, 2.45) is 5.11 Å². The molecule has 0 saturated heterocycles. The molecule has 0 spiro atoms. The van der Waals surface area contributed by atoms with Gasteiger partial charge in [-0.2, -0.15) is 0 Å². The average Bonchev–Trinajstić information content (AvgIpc) is 3.10. The van der Waals surface area contributed by atoms with Crippen LogP contribution in [0.15, 0.2) is 58.5 Å². The normalized spacial score (nSPS) is 26.9. The Labute approximate surface area is 151 Å². The molecule has 2 unspecified atom stereocenters. The van der Waals surface area contributed by atoms with Crippen molar-refractivity contribution in [2.45, 2.75) is 42.3 Å². The molecule has 2 aliphatic rings. The topological polar surface area (TPSA) is 106 Å². The summed E-state index contributed by atoms with van der Waals surface area (Å²) in [6, 6.07) is 12.8. The molecule has 1 aliphatic carbocycles. The molecule has 0 bridgehead atoms. The Balaban J connectivity index is 1.85. The van der Waals surface area contributed by atoms with Gasteiger partial charge in [-0.15, -0.1) is 0 Å². The molecule has 7 nitrogen and oxygen atoms in total. The fraction of sp³-hybridized carbons (Fsp3) is 0.333. The molecule has 1 aliphatic heterocycles. The van der Waals surface area contributed by atoms with Crippen LogP contribution in [0.2, 0.25) is 0 Å². The number of hydrogen-bond donors (Lipinski definition) is 1. The standard InChI is InChI=1S/C18H18N4O3S/c1-11-6-8-12(9-7-11)26(24,25)22-15-5-3-2-4-13(15)17-16(22)10-14(18(17)23)20-21-19/h2-9,14,16-18,23H,10H2,1H3/t14-,16?,17?,18+/m1/s1. The highest BCUT2D eigenvalue weighted by atomic mass is 32.2. The van der Waals surface area contributed by atoms with E-state index in [0.29, 0.717) is 5.69 Å². The van der Waals surface area contributed by atoms with Crippen molar-refractivity contribution >= 4 is 15.7 Å². The van der Waals surface area contributed by atoms with Crippen molar-refractivity contribution in [3.8, 4) is 0 Å². The van der Waals surface area contributed by atoms with Gasteiger partial charge in [0.2, 0.25) is 0 Å². The third kappa shape index (κ3) is 2.38. The monoisotopic (exact) mass is 370 g/mol. The van der Waals surface area contributed by atoms with E-state index in [1.54, 1.807) is 36.4 Å². The minimum Gasteiger partial charge on any atom is -0.392 e. The predicted molar refractivity (Wildman–Crippen MR) is 97.4 cm³/mol.